The molecule has 0 saturated carbocycles. The Hall–Kier alpha value is -3.39. The zero-order valence-electron chi connectivity index (χ0n) is 16.7. The summed E-state index contributed by atoms with van der Waals surface area (Å²) in [4.78, 5) is 32.4. The fourth-order valence-corrected chi connectivity index (χ4v) is 4.31. The van der Waals surface area contributed by atoms with E-state index in [-0.39, 0.29) is 36.2 Å². The van der Waals surface area contributed by atoms with E-state index in [1.165, 1.54) is 46.5 Å². The molecule has 2 aromatic carbocycles. The monoisotopic (exact) mass is 439 g/mol. The summed E-state index contributed by atoms with van der Waals surface area (Å²) >= 11 is 1.32. The normalized spacial score (nSPS) is 11.1. The second-order valence-corrected chi connectivity index (χ2v) is 7.91. The zero-order chi connectivity index (χ0) is 22.0. The Balaban J connectivity index is 1.62. The van der Waals surface area contributed by atoms with Crippen LogP contribution in [0.4, 0.5) is 8.78 Å². The molecule has 5 nitrogen and oxygen atoms in total. The van der Waals surface area contributed by atoms with Gasteiger partial charge < -0.3 is 4.90 Å². The molecule has 0 fully saturated rings. The number of hydrogen-bond acceptors (Lipinski definition) is 4. The van der Waals surface area contributed by atoms with E-state index < -0.39 is 0 Å². The van der Waals surface area contributed by atoms with Crippen molar-refractivity contribution < 1.29 is 13.6 Å². The largest absolute Gasteiger partial charge is 0.337 e. The Labute approximate surface area is 181 Å². The lowest BCUT2D eigenvalue weighted by Gasteiger charge is -2.21. The smallest absolute Gasteiger partial charge is 0.263 e. The van der Waals surface area contributed by atoms with Crippen molar-refractivity contribution in [3.8, 4) is 11.1 Å². The first-order chi connectivity index (χ1) is 15.0. The predicted molar refractivity (Wildman–Crippen MR) is 117 cm³/mol. The zero-order valence-corrected chi connectivity index (χ0v) is 17.5. The Morgan fingerprint density at radius 3 is 2.61 bits per heavy atom. The van der Waals surface area contributed by atoms with E-state index in [1.54, 1.807) is 34.5 Å². The topological polar surface area (TPSA) is 55.2 Å². The molecule has 4 aromatic rings. The van der Waals surface area contributed by atoms with Crippen LogP contribution in [0.25, 0.3) is 21.3 Å². The summed E-state index contributed by atoms with van der Waals surface area (Å²) in [5.74, 6) is -0.992. The van der Waals surface area contributed by atoms with Gasteiger partial charge >= 0.3 is 0 Å². The standard InChI is InChI=1S/C23H19F2N3O2S/c1-2-27(11-15-4-3-5-18(25)10-15)20(29)12-28-14-26-22-21(23(28)30)19(13-31-22)16-6-8-17(24)9-7-16/h3-10,13-14H,2,11-12H2,1H3. The molecule has 0 atom stereocenters. The minimum atomic E-state index is -0.363. The number of halogens is 2. The summed E-state index contributed by atoms with van der Waals surface area (Å²) < 4.78 is 28.0. The minimum absolute atomic E-state index is 0.177. The number of fused-ring (bicyclic) bond motifs is 1. The number of carbonyl (C=O) groups excluding carboxylic acids is 1. The molecule has 0 N–H and O–H groups in total. The molecule has 0 saturated heterocycles. The third-order valence-electron chi connectivity index (χ3n) is 5.02. The lowest BCUT2D eigenvalue weighted by Crippen LogP contribution is -2.36. The molecule has 1 amide bonds. The molecule has 0 bridgehead atoms. The van der Waals surface area contributed by atoms with E-state index in [1.807, 2.05) is 6.92 Å². The van der Waals surface area contributed by atoms with Crippen LogP contribution in [0.5, 0.6) is 0 Å². The molecule has 0 unspecified atom stereocenters. The molecule has 158 valence electrons. The number of rotatable bonds is 6. The van der Waals surface area contributed by atoms with Crippen molar-refractivity contribution in [1.29, 1.82) is 0 Å². The van der Waals surface area contributed by atoms with Gasteiger partial charge in [0.15, 0.2) is 0 Å². The van der Waals surface area contributed by atoms with Gasteiger partial charge in [-0.25, -0.2) is 13.8 Å². The fraction of sp³-hybridized carbons (Fsp3) is 0.174. The van der Waals surface area contributed by atoms with Crippen LogP contribution >= 0.6 is 11.3 Å². The van der Waals surface area contributed by atoms with Crippen LogP contribution in [0, 0.1) is 11.6 Å². The molecule has 2 heterocycles. The number of likely N-dealkylation sites (N-methyl/N-ethyl adjacent to an activating group) is 1. The van der Waals surface area contributed by atoms with Crippen molar-refractivity contribution in [1.82, 2.24) is 14.5 Å². The van der Waals surface area contributed by atoms with Gasteiger partial charge in [0.2, 0.25) is 5.91 Å². The van der Waals surface area contributed by atoms with Crippen molar-refractivity contribution in [3.63, 3.8) is 0 Å². The lowest BCUT2D eigenvalue weighted by atomic mass is 10.1. The lowest BCUT2D eigenvalue weighted by molar-refractivity contribution is -0.132. The van der Waals surface area contributed by atoms with E-state index in [4.69, 9.17) is 0 Å². The van der Waals surface area contributed by atoms with Crippen molar-refractivity contribution in [2.45, 2.75) is 20.0 Å². The van der Waals surface area contributed by atoms with Gasteiger partial charge in [-0.15, -0.1) is 11.3 Å². The average molecular weight is 439 g/mol. The maximum Gasteiger partial charge on any atom is 0.263 e. The van der Waals surface area contributed by atoms with Crippen molar-refractivity contribution in [2.24, 2.45) is 0 Å². The van der Waals surface area contributed by atoms with E-state index in [0.717, 1.165) is 0 Å². The van der Waals surface area contributed by atoms with E-state index in [9.17, 15) is 18.4 Å². The summed E-state index contributed by atoms with van der Waals surface area (Å²) in [6.45, 7) is 2.31. The van der Waals surface area contributed by atoms with Gasteiger partial charge in [-0.2, -0.15) is 0 Å². The second-order valence-electron chi connectivity index (χ2n) is 7.05. The molecular formula is C23H19F2N3O2S. The molecule has 8 heteroatoms. The summed E-state index contributed by atoms with van der Waals surface area (Å²) in [6.07, 6.45) is 1.36. The number of aromatic nitrogens is 2. The van der Waals surface area contributed by atoms with Crippen LogP contribution in [0.15, 0.2) is 65.0 Å². The molecule has 0 aliphatic rings. The third-order valence-corrected chi connectivity index (χ3v) is 5.90. The van der Waals surface area contributed by atoms with Crippen LogP contribution in [0.3, 0.4) is 0 Å². The van der Waals surface area contributed by atoms with Crippen LogP contribution in [-0.4, -0.2) is 26.9 Å². The van der Waals surface area contributed by atoms with E-state index in [2.05, 4.69) is 4.98 Å². The first kappa shape index (κ1) is 20.9. The highest BCUT2D eigenvalue weighted by atomic mass is 32.1. The number of benzene rings is 2. The maximum absolute atomic E-state index is 13.5. The quantitative estimate of drug-likeness (QED) is 0.446. The average Bonchev–Trinajstić information content (AvgIpc) is 3.19. The number of hydrogen-bond donors (Lipinski definition) is 0. The highest BCUT2D eigenvalue weighted by molar-refractivity contribution is 7.17. The molecular weight excluding hydrogens is 420 g/mol. The molecule has 0 aliphatic heterocycles. The van der Waals surface area contributed by atoms with Gasteiger partial charge in [0.1, 0.15) is 23.0 Å². The molecule has 0 radical (unpaired) electrons. The van der Waals surface area contributed by atoms with Crippen molar-refractivity contribution in [3.05, 3.63) is 87.8 Å². The molecule has 0 spiro atoms. The predicted octanol–water partition coefficient (Wildman–Crippen LogP) is 4.45. The Morgan fingerprint density at radius 2 is 1.90 bits per heavy atom. The summed E-state index contributed by atoms with van der Waals surface area (Å²) in [5, 5.41) is 2.21. The van der Waals surface area contributed by atoms with Gasteiger partial charge in [-0.3, -0.25) is 14.2 Å². The fourth-order valence-electron chi connectivity index (χ4n) is 3.40. The molecule has 4 rings (SSSR count). The Morgan fingerprint density at radius 1 is 1.13 bits per heavy atom. The molecule has 2 aromatic heterocycles. The minimum Gasteiger partial charge on any atom is -0.337 e. The maximum atomic E-state index is 13.5. The Bertz CT molecular complexity index is 1300. The van der Waals surface area contributed by atoms with Crippen LogP contribution in [-0.2, 0) is 17.9 Å². The third kappa shape index (κ3) is 4.39. The summed E-state index contributed by atoms with van der Waals surface area (Å²) in [6, 6.07) is 12.0. The SMILES string of the molecule is CCN(Cc1cccc(F)c1)C(=O)Cn1cnc2scc(-c3ccc(F)cc3)c2c1=O. The molecule has 0 aliphatic carbocycles. The summed E-state index contributed by atoms with van der Waals surface area (Å²) in [7, 11) is 0. The number of nitrogens with zero attached hydrogens (tertiary/aromatic N) is 3. The highest BCUT2D eigenvalue weighted by Crippen LogP contribution is 2.30. The highest BCUT2D eigenvalue weighted by Gasteiger charge is 2.17. The number of carbonyl (C=O) groups is 1. The first-order valence-electron chi connectivity index (χ1n) is 9.71. The first-order valence-corrected chi connectivity index (χ1v) is 10.6. The molecule has 31 heavy (non-hydrogen) atoms. The Kier molecular flexibility index (Phi) is 5.90. The van der Waals surface area contributed by atoms with Gasteiger partial charge in [-0.1, -0.05) is 24.3 Å². The van der Waals surface area contributed by atoms with E-state index >= 15 is 0 Å². The summed E-state index contributed by atoms with van der Waals surface area (Å²) in [5.41, 5.74) is 1.71. The van der Waals surface area contributed by atoms with Crippen LogP contribution in [0.1, 0.15) is 12.5 Å². The van der Waals surface area contributed by atoms with Gasteiger partial charge in [0, 0.05) is 24.0 Å². The van der Waals surface area contributed by atoms with Crippen molar-refractivity contribution in [2.75, 3.05) is 6.54 Å². The van der Waals surface area contributed by atoms with Gasteiger partial charge in [0.25, 0.3) is 5.56 Å². The van der Waals surface area contributed by atoms with E-state index in [0.29, 0.717) is 33.5 Å². The number of amides is 1. The van der Waals surface area contributed by atoms with Gasteiger partial charge in [-0.05, 0) is 42.3 Å². The number of thiophene rings is 1. The van der Waals surface area contributed by atoms with Crippen LogP contribution < -0.4 is 5.56 Å². The van der Waals surface area contributed by atoms with Crippen LogP contribution in [0.2, 0.25) is 0 Å². The van der Waals surface area contributed by atoms with Gasteiger partial charge in [0.05, 0.1) is 11.7 Å². The van der Waals surface area contributed by atoms with Crippen molar-refractivity contribution >= 4 is 27.5 Å². The second kappa shape index (κ2) is 8.77.